The highest BCUT2D eigenvalue weighted by Crippen LogP contribution is 2.38. The molecular formula is C12H16BrNO4S2. The number of carboxylic acid groups (broad SMARTS) is 1. The van der Waals surface area contributed by atoms with E-state index in [4.69, 9.17) is 5.11 Å². The molecule has 1 saturated carbocycles. The van der Waals surface area contributed by atoms with Crippen LogP contribution in [-0.4, -0.2) is 36.4 Å². The monoisotopic (exact) mass is 381 g/mol. The van der Waals surface area contributed by atoms with Gasteiger partial charge >= 0.3 is 5.97 Å². The van der Waals surface area contributed by atoms with E-state index in [-0.39, 0.29) is 21.7 Å². The first kappa shape index (κ1) is 15.9. The fourth-order valence-corrected chi connectivity index (χ4v) is 6.13. The van der Waals surface area contributed by atoms with E-state index in [0.29, 0.717) is 10.3 Å². The first-order chi connectivity index (χ1) is 9.23. The lowest BCUT2D eigenvalue weighted by molar-refractivity contribution is 0.0702. The van der Waals surface area contributed by atoms with Crippen LogP contribution in [0.5, 0.6) is 0 Å². The van der Waals surface area contributed by atoms with Crippen LogP contribution in [0.1, 0.15) is 36.4 Å². The van der Waals surface area contributed by atoms with Crippen molar-refractivity contribution in [2.45, 2.75) is 37.6 Å². The Hall–Kier alpha value is -0.440. The molecule has 1 aliphatic rings. The SMILES string of the molecule is CC(C)CN(C1CC1)S(=O)(=O)c1cc(C(=O)O)sc1Br. The van der Waals surface area contributed by atoms with Crippen molar-refractivity contribution in [2.24, 2.45) is 5.92 Å². The second-order valence-corrected chi connectivity index (χ2v) is 9.48. The number of thiophene rings is 1. The minimum Gasteiger partial charge on any atom is -0.477 e. The second kappa shape index (κ2) is 5.75. The summed E-state index contributed by atoms with van der Waals surface area (Å²) in [6, 6.07) is 1.30. The molecule has 1 aromatic heterocycles. The number of hydrogen-bond acceptors (Lipinski definition) is 4. The Morgan fingerprint density at radius 3 is 2.55 bits per heavy atom. The van der Waals surface area contributed by atoms with E-state index in [1.165, 1.54) is 10.4 Å². The lowest BCUT2D eigenvalue weighted by Gasteiger charge is -2.23. The quantitative estimate of drug-likeness (QED) is 0.821. The molecule has 0 radical (unpaired) electrons. The molecule has 0 amide bonds. The molecule has 0 aromatic carbocycles. The average molecular weight is 382 g/mol. The van der Waals surface area contributed by atoms with Crippen LogP contribution in [0.4, 0.5) is 0 Å². The summed E-state index contributed by atoms with van der Waals surface area (Å²) in [6.45, 7) is 4.39. The Kier molecular flexibility index (Phi) is 4.58. The van der Waals surface area contributed by atoms with Gasteiger partial charge in [-0.15, -0.1) is 11.3 Å². The highest BCUT2D eigenvalue weighted by Gasteiger charge is 2.39. The molecule has 0 unspecified atom stereocenters. The summed E-state index contributed by atoms with van der Waals surface area (Å²) in [5.74, 6) is -0.888. The van der Waals surface area contributed by atoms with Crippen molar-refractivity contribution in [2.75, 3.05) is 6.54 Å². The van der Waals surface area contributed by atoms with E-state index in [1.54, 1.807) is 0 Å². The zero-order chi connectivity index (χ0) is 15.1. The number of nitrogens with zero attached hydrogens (tertiary/aromatic N) is 1. The molecule has 0 aliphatic heterocycles. The van der Waals surface area contributed by atoms with Gasteiger partial charge in [0.2, 0.25) is 10.0 Å². The summed E-state index contributed by atoms with van der Waals surface area (Å²) in [6.07, 6.45) is 1.75. The molecule has 1 N–H and O–H groups in total. The number of hydrogen-bond donors (Lipinski definition) is 1. The number of sulfonamides is 1. The third-order valence-electron chi connectivity index (χ3n) is 2.95. The van der Waals surface area contributed by atoms with Gasteiger partial charge in [-0.1, -0.05) is 13.8 Å². The minimum absolute atomic E-state index is 0.0238. The molecule has 1 aromatic rings. The first-order valence-electron chi connectivity index (χ1n) is 6.28. The molecule has 0 atom stereocenters. The van der Waals surface area contributed by atoms with Crippen molar-refractivity contribution in [1.29, 1.82) is 0 Å². The van der Waals surface area contributed by atoms with Gasteiger partial charge in [0.1, 0.15) is 9.77 Å². The second-order valence-electron chi connectivity index (χ2n) is 5.25. The highest BCUT2D eigenvalue weighted by atomic mass is 79.9. The topological polar surface area (TPSA) is 74.7 Å². The van der Waals surface area contributed by atoms with Crippen LogP contribution in [0, 0.1) is 5.92 Å². The average Bonchev–Trinajstić information content (AvgIpc) is 3.07. The van der Waals surface area contributed by atoms with Gasteiger partial charge in [-0.05, 0) is 40.8 Å². The van der Waals surface area contributed by atoms with Crippen LogP contribution in [0.15, 0.2) is 14.7 Å². The van der Waals surface area contributed by atoms with Crippen LogP contribution >= 0.6 is 27.3 Å². The maximum absolute atomic E-state index is 12.7. The Bertz CT molecular complexity index is 619. The number of carboxylic acids is 1. The number of aromatic carboxylic acids is 1. The van der Waals surface area contributed by atoms with Gasteiger partial charge < -0.3 is 5.11 Å². The summed E-state index contributed by atoms with van der Waals surface area (Å²) >= 11 is 4.10. The van der Waals surface area contributed by atoms with Crippen LogP contribution < -0.4 is 0 Å². The summed E-state index contributed by atoms with van der Waals surface area (Å²) in [5, 5.41) is 8.98. The van der Waals surface area contributed by atoms with Crippen LogP contribution in [0.2, 0.25) is 0 Å². The predicted octanol–water partition coefficient (Wildman–Crippen LogP) is 3.02. The van der Waals surface area contributed by atoms with E-state index in [2.05, 4.69) is 15.9 Å². The van der Waals surface area contributed by atoms with Crippen LogP contribution in [0.3, 0.4) is 0 Å². The largest absolute Gasteiger partial charge is 0.477 e. The van der Waals surface area contributed by atoms with Crippen molar-refractivity contribution in [3.05, 3.63) is 14.7 Å². The van der Waals surface area contributed by atoms with Gasteiger partial charge in [0.15, 0.2) is 0 Å². The number of halogens is 1. The Balaban J connectivity index is 2.39. The molecule has 112 valence electrons. The van der Waals surface area contributed by atoms with Crippen molar-refractivity contribution in [3.8, 4) is 0 Å². The summed E-state index contributed by atoms with van der Waals surface area (Å²) in [5.41, 5.74) is 0. The molecule has 1 aliphatic carbocycles. The van der Waals surface area contributed by atoms with E-state index in [9.17, 15) is 13.2 Å². The molecule has 0 saturated heterocycles. The van der Waals surface area contributed by atoms with E-state index in [0.717, 1.165) is 24.2 Å². The number of rotatable bonds is 6. The lowest BCUT2D eigenvalue weighted by Crippen LogP contribution is -2.36. The minimum atomic E-state index is -3.64. The van der Waals surface area contributed by atoms with Crippen molar-refractivity contribution < 1.29 is 18.3 Å². The third kappa shape index (κ3) is 3.24. The van der Waals surface area contributed by atoms with Crippen molar-refractivity contribution in [1.82, 2.24) is 4.31 Å². The fraction of sp³-hybridized carbons (Fsp3) is 0.583. The third-order valence-corrected chi connectivity index (χ3v) is 7.11. The predicted molar refractivity (Wildman–Crippen MR) is 80.7 cm³/mol. The number of carbonyl (C=O) groups is 1. The molecule has 8 heteroatoms. The maximum atomic E-state index is 12.7. The van der Waals surface area contributed by atoms with Crippen molar-refractivity contribution >= 4 is 43.3 Å². The molecular weight excluding hydrogens is 366 g/mol. The van der Waals surface area contributed by atoms with Gasteiger partial charge in [-0.3, -0.25) is 0 Å². The maximum Gasteiger partial charge on any atom is 0.345 e. The smallest absolute Gasteiger partial charge is 0.345 e. The van der Waals surface area contributed by atoms with Gasteiger partial charge in [-0.2, -0.15) is 4.31 Å². The molecule has 20 heavy (non-hydrogen) atoms. The van der Waals surface area contributed by atoms with Gasteiger partial charge in [0, 0.05) is 12.6 Å². The zero-order valence-electron chi connectivity index (χ0n) is 11.2. The normalized spacial score (nSPS) is 16.1. The molecule has 0 bridgehead atoms. The molecule has 5 nitrogen and oxygen atoms in total. The highest BCUT2D eigenvalue weighted by molar-refractivity contribution is 9.11. The fourth-order valence-electron chi connectivity index (χ4n) is 1.93. The first-order valence-corrected chi connectivity index (χ1v) is 9.33. The molecule has 0 spiro atoms. The van der Waals surface area contributed by atoms with Crippen LogP contribution in [0.25, 0.3) is 0 Å². The zero-order valence-corrected chi connectivity index (χ0v) is 14.4. The van der Waals surface area contributed by atoms with E-state index >= 15 is 0 Å². The molecule has 2 rings (SSSR count). The standard InChI is InChI=1S/C12H16BrNO4S2/c1-7(2)6-14(8-3-4-8)20(17,18)10-5-9(12(15)16)19-11(10)13/h5,7-8H,3-4,6H2,1-2H3,(H,15,16). The Morgan fingerprint density at radius 1 is 1.55 bits per heavy atom. The van der Waals surface area contributed by atoms with Crippen molar-refractivity contribution in [3.63, 3.8) is 0 Å². The van der Waals surface area contributed by atoms with Gasteiger partial charge in [-0.25, -0.2) is 13.2 Å². The summed E-state index contributed by atoms with van der Waals surface area (Å²) in [4.78, 5) is 11.1. The Morgan fingerprint density at radius 2 is 2.15 bits per heavy atom. The van der Waals surface area contributed by atoms with Crippen LogP contribution in [-0.2, 0) is 10.0 Å². The van der Waals surface area contributed by atoms with E-state index in [1.807, 2.05) is 13.8 Å². The summed E-state index contributed by atoms with van der Waals surface area (Å²) < 4.78 is 27.3. The van der Waals surface area contributed by atoms with Gasteiger partial charge in [0.25, 0.3) is 0 Å². The molecule has 1 heterocycles. The molecule has 1 fully saturated rings. The van der Waals surface area contributed by atoms with E-state index < -0.39 is 16.0 Å². The summed E-state index contributed by atoms with van der Waals surface area (Å²) in [7, 11) is -3.64. The Labute approximate surface area is 130 Å². The van der Waals surface area contributed by atoms with Gasteiger partial charge in [0.05, 0.1) is 3.79 Å². The lowest BCUT2D eigenvalue weighted by atomic mass is 10.2.